The Labute approximate surface area is 375 Å². The first-order valence-electron chi connectivity index (χ1n) is 20.3. The summed E-state index contributed by atoms with van der Waals surface area (Å²) in [6.45, 7) is 1.69. The molecule has 4 heterocycles. The predicted molar refractivity (Wildman–Crippen MR) is 249 cm³/mol. The monoisotopic (exact) mass is 900 g/mol. The smallest absolute Gasteiger partial charge is 0.333 e. The number of rotatable bonds is 8. The summed E-state index contributed by atoms with van der Waals surface area (Å²) in [4.78, 5) is 86.5. The van der Waals surface area contributed by atoms with Crippen LogP contribution in [0, 0.1) is 0 Å². The maximum atomic E-state index is 15.2. The lowest BCUT2D eigenvalue weighted by molar-refractivity contribution is -0.164. The summed E-state index contributed by atoms with van der Waals surface area (Å²) in [6, 6.07) is 20.3. The molecule has 2 saturated carbocycles. The Balaban J connectivity index is 1.06. The summed E-state index contributed by atoms with van der Waals surface area (Å²) in [6.07, 6.45) is 15.6. The van der Waals surface area contributed by atoms with Gasteiger partial charge >= 0.3 is 11.9 Å². The number of ketones is 4. The van der Waals surface area contributed by atoms with E-state index < -0.39 is 28.9 Å². The van der Waals surface area contributed by atoms with Gasteiger partial charge in [0.1, 0.15) is 13.2 Å². The maximum absolute atomic E-state index is 15.2. The molecule has 12 heteroatoms. The third kappa shape index (κ3) is 6.18. The van der Waals surface area contributed by atoms with E-state index in [0.717, 1.165) is 33.9 Å². The van der Waals surface area contributed by atoms with Crippen molar-refractivity contribution in [2.75, 3.05) is 0 Å². The van der Waals surface area contributed by atoms with Gasteiger partial charge in [-0.3, -0.25) is 28.8 Å². The van der Waals surface area contributed by atoms with Crippen LogP contribution in [0.15, 0.2) is 148 Å². The molecule has 0 bridgehead atoms. The van der Waals surface area contributed by atoms with Crippen LogP contribution in [0.25, 0.3) is 40.4 Å². The highest BCUT2D eigenvalue weighted by molar-refractivity contribution is 7.44. The molecule has 0 spiro atoms. The molecular weight excluding hydrogens is 869 g/mol. The second-order valence-electron chi connectivity index (χ2n) is 15.8. The number of Topliss-reactive ketones (excluding diaryl/α,β-unsaturated/α-hetero) is 4. The van der Waals surface area contributed by atoms with Gasteiger partial charge in [0.05, 0.1) is 34.6 Å². The first kappa shape index (κ1) is 39.4. The molecule has 0 aliphatic heterocycles. The van der Waals surface area contributed by atoms with Gasteiger partial charge in [0.15, 0.2) is 23.1 Å². The van der Waals surface area contributed by atoms with E-state index in [9.17, 15) is 19.2 Å². The number of thiophene rings is 4. The van der Waals surface area contributed by atoms with Gasteiger partial charge in [-0.25, -0.2) is 0 Å². The van der Waals surface area contributed by atoms with E-state index >= 15 is 9.59 Å². The van der Waals surface area contributed by atoms with E-state index in [0.29, 0.717) is 67.8 Å². The molecular formula is C51H32O8S4. The molecule has 0 atom stereocenters. The van der Waals surface area contributed by atoms with Crippen molar-refractivity contribution in [3.8, 4) is 0 Å². The Morgan fingerprint density at radius 3 is 1.81 bits per heavy atom. The van der Waals surface area contributed by atoms with E-state index in [1.54, 1.807) is 41.7 Å². The van der Waals surface area contributed by atoms with Crippen molar-refractivity contribution in [2.24, 2.45) is 0 Å². The highest BCUT2D eigenvalue weighted by Crippen LogP contribution is 2.58. The molecule has 0 N–H and O–H groups in total. The Kier molecular flexibility index (Phi) is 9.46. The number of fused-ring (bicyclic) bond motifs is 9. The van der Waals surface area contributed by atoms with Crippen LogP contribution in [-0.2, 0) is 56.9 Å². The van der Waals surface area contributed by atoms with Crippen LogP contribution in [0.1, 0.15) is 52.6 Å². The van der Waals surface area contributed by atoms with Crippen molar-refractivity contribution in [3.05, 3.63) is 174 Å². The number of hydrogen-bond donors (Lipinski definition) is 0. The van der Waals surface area contributed by atoms with E-state index in [-0.39, 0.29) is 41.5 Å². The van der Waals surface area contributed by atoms with Gasteiger partial charge in [-0.2, -0.15) is 0 Å². The van der Waals surface area contributed by atoms with Crippen LogP contribution in [-0.4, -0.2) is 35.1 Å². The average molecular weight is 901 g/mol. The maximum Gasteiger partial charge on any atom is 0.333 e. The number of allylic oxidation sites excluding steroid dienone is 13. The molecule has 5 aliphatic rings. The first-order valence-corrected chi connectivity index (χ1v) is 23.6. The molecule has 11 rings (SSSR count). The summed E-state index contributed by atoms with van der Waals surface area (Å²) in [5, 5.41) is 0. The highest BCUT2D eigenvalue weighted by atomic mass is 32.1. The minimum atomic E-state index is -2.20. The van der Waals surface area contributed by atoms with Crippen molar-refractivity contribution in [3.63, 3.8) is 0 Å². The normalized spacial score (nSPS) is 18.5. The summed E-state index contributed by atoms with van der Waals surface area (Å²) >= 11 is 5.91. The largest absolute Gasteiger partial charge is 0.459 e. The van der Waals surface area contributed by atoms with Crippen LogP contribution in [0.3, 0.4) is 0 Å². The van der Waals surface area contributed by atoms with Crippen molar-refractivity contribution in [2.45, 2.75) is 44.8 Å². The third-order valence-electron chi connectivity index (χ3n) is 11.9. The molecule has 0 unspecified atom stereocenters. The van der Waals surface area contributed by atoms with Crippen molar-refractivity contribution in [1.82, 2.24) is 0 Å². The quantitative estimate of drug-likeness (QED) is 0.0641. The Morgan fingerprint density at radius 2 is 1.17 bits per heavy atom. The van der Waals surface area contributed by atoms with Crippen LogP contribution >= 0.6 is 45.3 Å². The molecule has 4 aromatic heterocycles. The third-order valence-corrected chi connectivity index (χ3v) is 17.2. The first-order chi connectivity index (χ1) is 30.6. The van der Waals surface area contributed by atoms with Crippen LogP contribution in [0.4, 0.5) is 0 Å². The van der Waals surface area contributed by atoms with Crippen molar-refractivity contribution in [1.29, 1.82) is 0 Å². The number of hydrogen-bond acceptors (Lipinski definition) is 12. The summed E-state index contributed by atoms with van der Waals surface area (Å²) in [5.74, 6) is -3.23. The second-order valence-corrected chi connectivity index (χ2v) is 20.0. The van der Waals surface area contributed by atoms with Crippen molar-refractivity contribution >= 4 is 121 Å². The Morgan fingerprint density at radius 1 is 0.619 bits per heavy atom. The van der Waals surface area contributed by atoms with Gasteiger partial charge in [-0.15, -0.1) is 45.3 Å². The lowest BCUT2D eigenvalue weighted by atomic mass is 9.76. The molecule has 6 aromatic rings. The Bertz CT molecular complexity index is 3270. The zero-order valence-corrected chi connectivity index (χ0v) is 36.7. The number of ether oxygens (including phenoxy) is 2. The highest BCUT2D eigenvalue weighted by Gasteiger charge is 2.59. The number of esters is 2. The molecule has 308 valence electrons. The molecule has 2 fully saturated rings. The standard InChI is InChI=1S/C51H32O8S4/c1-26-16-18-33-34(19-17-26)43(55)36(42(33)54)22-30-23-38-44(60-30)46-48(62-38)47-45(63-46)39-37(61-47)21-29(20-35-40(52)31-14-8-9-15-32(31)41(35)53)51(39,49(56)58-24-27-10-4-2-5-11-27)50(57)59-25-28-12-6-3-7-13-28/h2-7,10-16,18-23H,8-9,17,24-25H2,1H3/b36-22+. The van der Waals surface area contributed by atoms with Crippen LogP contribution in [0.5, 0.6) is 0 Å². The van der Waals surface area contributed by atoms with Gasteiger partial charge in [-0.1, -0.05) is 96.6 Å². The van der Waals surface area contributed by atoms with Gasteiger partial charge in [-0.05, 0) is 67.2 Å². The topological polar surface area (TPSA) is 121 Å². The molecule has 0 saturated heterocycles. The molecule has 0 radical (unpaired) electrons. The fraction of sp³-hybridized carbons (Fsp3) is 0.137. The molecule has 2 aromatic carbocycles. The number of carbonyl (C=O) groups is 6. The van der Waals surface area contributed by atoms with Crippen LogP contribution in [0.2, 0.25) is 0 Å². The van der Waals surface area contributed by atoms with Gasteiger partial charge in [0.2, 0.25) is 5.41 Å². The van der Waals surface area contributed by atoms with Crippen LogP contribution < -0.4 is 0 Å². The zero-order valence-electron chi connectivity index (χ0n) is 33.4. The van der Waals surface area contributed by atoms with Gasteiger partial charge < -0.3 is 9.47 Å². The summed E-state index contributed by atoms with van der Waals surface area (Å²) in [7, 11) is 0. The molecule has 0 amide bonds. The Hall–Kier alpha value is -6.44. The lowest BCUT2D eigenvalue weighted by Gasteiger charge is -2.28. The van der Waals surface area contributed by atoms with E-state index in [1.807, 2.05) is 85.8 Å². The summed E-state index contributed by atoms with van der Waals surface area (Å²) in [5.41, 5.74) is 2.36. The molecule has 5 aliphatic carbocycles. The average Bonchev–Trinajstić information content (AvgIpc) is 4.13. The number of benzene rings is 2. The van der Waals surface area contributed by atoms with Gasteiger partial charge in [0.25, 0.3) is 0 Å². The lowest BCUT2D eigenvalue weighted by Crippen LogP contribution is -2.46. The van der Waals surface area contributed by atoms with E-state index in [2.05, 4.69) is 0 Å². The second kappa shape index (κ2) is 15.1. The predicted octanol–water partition coefficient (Wildman–Crippen LogP) is 11.0. The minimum absolute atomic E-state index is 0.120. The molecule has 63 heavy (non-hydrogen) atoms. The minimum Gasteiger partial charge on any atom is -0.459 e. The van der Waals surface area contributed by atoms with Gasteiger partial charge in [0, 0.05) is 42.3 Å². The van der Waals surface area contributed by atoms with E-state index in [4.69, 9.17) is 9.47 Å². The summed E-state index contributed by atoms with van der Waals surface area (Å²) < 4.78 is 17.6. The van der Waals surface area contributed by atoms with E-state index in [1.165, 1.54) is 40.1 Å². The fourth-order valence-corrected chi connectivity index (χ4v) is 14.7. The molecule has 8 nitrogen and oxygen atoms in total. The van der Waals surface area contributed by atoms with Crippen molar-refractivity contribution < 1.29 is 38.2 Å². The SMILES string of the molecule is CC1=CC=C2C(=O)/C(=C\c3cc4sc5c6sc7c(c6sc5c4s3)C(C(=O)OCc3ccccc3)(C(=O)OCc3ccccc3)C(C=C3C(=O)C4=CCCC=C4C3=O)=C7)C(=O)C2=CC1. The zero-order chi connectivity index (χ0) is 43.1. The fourth-order valence-electron chi connectivity index (χ4n) is 8.79. The number of carbonyl (C=O) groups excluding carboxylic acids is 6.